The summed E-state index contributed by atoms with van der Waals surface area (Å²) in [4.78, 5) is 13.8. The molecule has 0 saturated carbocycles. The van der Waals surface area contributed by atoms with Crippen molar-refractivity contribution in [2.45, 2.75) is 6.54 Å². The van der Waals surface area contributed by atoms with E-state index in [1.165, 1.54) is 12.1 Å². The molecule has 2 aromatic carbocycles. The lowest BCUT2D eigenvalue weighted by Gasteiger charge is -2.16. The predicted molar refractivity (Wildman–Crippen MR) is 84.4 cm³/mol. The summed E-state index contributed by atoms with van der Waals surface area (Å²) in [6, 6.07) is 13.5. The highest BCUT2D eigenvalue weighted by atomic mass is 19.1. The molecular weight excluding hydrogens is 283 g/mol. The van der Waals surface area contributed by atoms with Crippen LogP contribution in [-0.4, -0.2) is 31.5 Å². The van der Waals surface area contributed by atoms with Gasteiger partial charge in [-0.25, -0.2) is 4.39 Å². The maximum atomic E-state index is 13.1. The van der Waals surface area contributed by atoms with Gasteiger partial charge in [0.15, 0.2) is 0 Å². The molecule has 0 atom stereocenters. The lowest BCUT2D eigenvalue weighted by atomic mass is 10.2. The Labute approximate surface area is 129 Å². The van der Waals surface area contributed by atoms with Crippen LogP contribution in [0.25, 0.3) is 0 Å². The highest BCUT2D eigenvalue weighted by Gasteiger charge is 2.08. The van der Waals surface area contributed by atoms with Gasteiger partial charge in [-0.15, -0.1) is 0 Å². The number of carbonyl (C=O) groups excluding carboxylic acids is 1. The van der Waals surface area contributed by atoms with Gasteiger partial charge in [-0.05, 0) is 42.9 Å². The molecule has 0 aliphatic heterocycles. The van der Waals surface area contributed by atoms with E-state index in [2.05, 4.69) is 5.32 Å². The van der Waals surface area contributed by atoms with Crippen LogP contribution >= 0.6 is 0 Å². The molecule has 2 aromatic rings. The zero-order valence-electron chi connectivity index (χ0n) is 12.7. The average molecular weight is 302 g/mol. The van der Waals surface area contributed by atoms with Gasteiger partial charge in [0, 0.05) is 12.2 Å². The number of hydrogen-bond acceptors (Lipinski definition) is 3. The van der Waals surface area contributed by atoms with Gasteiger partial charge in [0.1, 0.15) is 11.6 Å². The average Bonchev–Trinajstić information content (AvgIpc) is 2.47. The first kappa shape index (κ1) is 16.0. The minimum absolute atomic E-state index is 0.179. The first-order valence-electron chi connectivity index (χ1n) is 6.93. The molecule has 0 spiro atoms. The summed E-state index contributed by atoms with van der Waals surface area (Å²) in [6.07, 6.45) is 0. The quantitative estimate of drug-likeness (QED) is 0.892. The summed E-state index contributed by atoms with van der Waals surface area (Å²) in [5, 5.41) is 2.68. The molecule has 1 N–H and O–H groups in total. The molecule has 0 unspecified atom stereocenters. The van der Waals surface area contributed by atoms with Crippen molar-refractivity contribution in [3.8, 4) is 5.75 Å². The molecule has 0 saturated heterocycles. The van der Waals surface area contributed by atoms with Gasteiger partial charge in [0.25, 0.3) is 0 Å². The SMILES string of the molecule is COc1ccc(CN(C)CC(=O)Nc2cccc(F)c2)cc1. The van der Waals surface area contributed by atoms with Crippen molar-refractivity contribution in [2.75, 3.05) is 26.0 Å². The fourth-order valence-electron chi connectivity index (χ4n) is 2.11. The molecular formula is C17H19FN2O2. The Morgan fingerprint density at radius 3 is 2.59 bits per heavy atom. The number of ether oxygens (including phenoxy) is 1. The number of halogens is 1. The second-order valence-corrected chi connectivity index (χ2v) is 5.08. The van der Waals surface area contributed by atoms with Crippen LogP contribution < -0.4 is 10.1 Å². The van der Waals surface area contributed by atoms with Crippen molar-refractivity contribution in [3.05, 3.63) is 59.9 Å². The summed E-state index contributed by atoms with van der Waals surface area (Å²) in [5.74, 6) is 0.251. The van der Waals surface area contributed by atoms with E-state index in [0.717, 1.165) is 11.3 Å². The van der Waals surface area contributed by atoms with Gasteiger partial charge in [-0.1, -0.05) is 18.2 Å². The highest BCUT2D eigenvalue weighted by Crippen LogP contribution is 2.13. The number of benzene rings is 2. The largest absolute Gasteiger partial charge is 0.497 e. The van der Waals surface area contributed by atoms with Crippen LogP contribution in [0.5, 0.6) is 5.75 Å². The molecule has 0 aliphatic rings. The first-order valence-corrected chi connectivity index (χ1v) is 6.93. The van der Waals surface area contributed by atoms with E-state index >= 15 is 0 Å². The zero-order chi connectivity index (χ0) is 15.9. The maximum Gasteiger partial charge on any atom is 0.238 e. The van der Waals surface area contributed by atoms with Crippen molar-refractivity contribution in [1.82, 2.24) is 4.90 Å². The standard InChI is InChI=1S/C17H19FN2O2/c1-20(11-13-6-8-16(22-2)9-7-13)12-17(21)19-15-5-3-4-14(18)10-15/h3-10H,11-12H2,1-2H3,(H,19,21). The Bertz CT molecular complexity index is 629. The third-order valence-corrected chi connectivity index (χ3v) is 3.13. The third kappa shape index (κ3) is 4.86. The molecule has 5 heteroatoms. The van der Waals surface area contributed by atoms with Crippen molar-refractivity contribution in [2.24, 2.45) is 0 Å². The molecule has 4 nitrogen and oxygen atoms in total. The first-order chi connectivity index (χ1) is 10.6. The smallest absolute Gasteiger partial charge is 0.238 e. The number of likely N-dealkylation sites (N-methyl/N-ethyl adjacent to an activating group) is 1. The van der Waals surface area contributed by atoms with E-state index in [0.29, 0.717) is 12.2 Å². The van der Waals surface area contributed by atoms with Crippen molar-refractivity contribution in [1.29, 1.82) is 0 Å². The number of hydrogen-bond donors (Lipinski definition) is 1. The topological polar surface area (TPSA) is 41.6 Å². The van der Waals surface area contributed by atoms with Crippen LogP contribution in [0.4, 0.5) is 10.1 Å². The molecule has 22 heavy (non-hydrogen) atoms. The van der Waals surface area contributed by atoms with Gasteiger partial charge in [0.05, 0.1) is 13.7 Å². The summed E-state index contributed by atoms with van der Waals surface area (Å²) in [6.45, 7) is 0.864. The number of methoxy groups -OCH3 is 1. The number of nitrogens with zero attached hydrogens (tertiary/aromatic N) is 1. The number of carbonyl (C=O) groups is 1. The van der Waals surface area contributed by atoms with E-state index in [1.54, 1.807) is 19.2 Å². The van der Waals surface area contributed by atoms with Gasteiger partial charge < -0.3 is 10.1 Å². The number of nitrogens with one attached hydrogen (secondary N) is 1. The van der Waals surface area contributed by atoms with Gasteiger partial charge in [0.2, 0.25) is 5.91 Å². The van der Waals surface area contributed by atoms with Crippen LogP contribution in [0.3, 0.4) is 0 Å². The lowest BCUT2D eigenvalue weighted by Crippen LogP contribution is -2.29. The monoisotopic (exact) mass is 302 g/mol. The predicted octanol–water partition coefficient (Wildman–Crippen LogP) is 2.90. The number of anilines is 1. The minimum atomic E-state index is -0.371. The Morgan fingerprint density at radius 2 is 1.95 bits per heavy atom. The number of rotatable bonds is 6. The van der Waals surface area contributed by atoms with Crippen LogP contribution in [-0.2, 0) is 11.3 Å². The Morgan fingerprint density at radius 1 is 1.23 bits per heavy atom. The summed E-state index contributed by atoms with van der Waals surface area (Å²) in [5.41, 5.74) is 1.55. The number of amides is 1. The minimum Gasteiger partial charge on any atom is -0.497 e. The Balaban J connectivity index is 1.85. The summed E-state index contributed by atoms with van der Waals surface area (Å²) >= 11 is 0. The van der Waals surface area contributed by atoms with Gasteiger partial charge in [-0.3, -0.25) is 9.69 Å². The molecule has 0 aliphatic carbocycles. The van der Waals surface area contributed by atoms with Crippen LogP contribution in [0, 0.1) is 5.82 Å². The Kier molecular flexibility index (Phi) is 5.49. The van der Waals surface area contributed by atoms with E-state index in [9.17, 15) is 9.18 Å². The molecule has 0 heterocycles. The third-order valence-electron chi connectivity index (χ3n) is 3.13. The molecule has 0 bridgehead atoms. The summed E-state index contributed by atoms with van der Waals surface area (Å²) < 4.78 is 18.2. The Hall–Kier alpha value is -2.40. The molecule has 1 amide bonds. The van der Waals surface area contributed by atoms with E-state index < -0.39 is 0 Å². The van der Waals surface area contributed by atoms with Gasteiger partial charge in [-0.2, -0.15) is 0 Å². The zero-order valence-corrected chi connectivity index (χ0v) is 12.7. The highest BCUT2D eigenvalue weighted by molar-refractivity contribution is 5.92. The molecule has 0 radical (unpaired) electrons. The lowest BCUT2D eigenvalue weighted by molar-refractivity contribution is -0.117. The van der Waals surface area contributed by atoms with E-state index in [1.807, 2.05) is 36.2 Å². The fraction of sp³-hybridized carbons (Fsp3) is 0.235. The van der Waals surface area contributed by atoms with E-state index in [4.69, 9.17) is 4.74 Å². The van der Waals surface area contributed by atoms with Crippen molar-refractivity contribution in [3.63, 3.8) is 0 Å². The molecule has 0 aromatic heterocycles. The van der Waals surface area contributed by atoms with Crippen LogP contribution in [0.1, 0.15) is 5.56 Å². The van der Waals surface area contributed by atoms with Crippen molar-refractivity contribution < 1.29 is 13.9 Å². The molecule has 0 fully saturated rings. The summed E-state index contributed by atoms with van der Waals surface area (Å²) in [7, 11) is 3.48. The molecule has 116 valence electrons. The van der Waals surface area contributed by atoms with E-state index in [-0.39, 0.29) is 18.3 Å². The van der Waals surface area contributed by atoms with Crippen LogP contribution in [0.2, 0.25) is 0 Å². The maximum absolute atomic E-state index is 13.1. The van der Waals surface area contributed by atoms with Crippen molar-refractivity contribution >= 4 is 11.6 Å². The van der Waals surface area contributed by atoms with Gasteiger partial charge >= 0.3 is 0 Å². The van der Waals surface area contributed by atoms with Crippen LogP contribution in [0.15, 0.2) is 48.5 Å². The second-order valence-electron chi connectivity index (χ2n) is 5.08. The second kappa shape index (κ2) is 7.56. The fourth-order valence-corrected chi connectivity index (χ4v) is 2.11. The normalized spacial score (nSPS) is 10.5. The molecule has 2 rings (SSSR count).